The van der Waals surface area contributed by atoms with Crippen LogP contribution in [0.3, 0.4) is 0 Å². The number of furan rings is 1. The maximum atomic E-state index is 6.04. The molecule has 0 saturated carbocycles. The summed E-state index contributed by atoms with van der Waals surface area (Å²) in [7, 11) is 0. The van der Waals surface area contributed by atoms with Gasteiger partial charge in [-0.1, -0.05) is 48.0 Å². The Balaban J connectivity index is 2.05. The highest BCUT2D eigenvalue weighted by Crippen LogP contribution is 2.35. The largest absolute Gasteiger partial charge is 0.454 e. The van der Waals surface area contributed by atoms with E-state index in [1.807, 2.05) is 24.3 Å². The minimum absolute atomic E-state index is 0.849. The van der Waals surface area contributed by atoms with Gasteiger partial charge < -0.3 is 4.42 Å². The van der Waals surface area contributed by atoms with E-state index in [-0.39, 0.29) is 0 Å². The Morgan fingerprint density at radius 3 is 2.68 bits per heavy atom. The normalized spacial score (nSPS) is 11.9. The van der Waals surface area contributed by atoms with Crippen molar-refractivity contribution in [2.75, 3.05) is 0 Å². The van der Waals surface area contributed by atoms with Crippen LogP contribution in [0.25, 0.3) is 43.7 Å². The lowest BCUT2D eigenvalue weighted by molar-refractivity contribution is 0.669. The number of pyridine rings is 1. The molecule has 0 fully saturated rings. The summed E-state index contributed by atoms with van der Waals surface area (Å²) in [5.74, 6) is 0. The molecule has 0 unspecified atom stereocenters. The van der Waals surface area contributed by atoms with Crippen molar-refractivity contribution in [2.24, 2.45) is 0 Å². The van der Waals surface area contributed by atoms with Crippen molar-refractivity contribution in [3.05, 3.63) is 66.2 Å². The van der Waals surface area contributed by atoms with Crippen molar-refractivity contribution in [3.63, 3.8) is 0 Å². The van der Waals surface area contributed by atoms with E-state index in [0.29, 0.717) is 0 Å². The molecule has 3 aromatic carbocycles. The van der Waals surface area contributed by atoms with Crippen molar-refractivity contribution in [1.82, 2.24) is 4.98 Å². The molecule has 2 aromatic heterocycles. The SMILES string of the molecule is Cc1ccc2c(ccc3oc4cc5ccccc5nc4c32)c1. The summed E-state index contributed by atoms with van der Waals surface area (Å²) in [5, 5.41) is 4.64. The topological polar surface area (TPSA) is 26.0 Å². The average Bonchev–Trinajstić information content (AvgIpc) is 2.90. The first-order chi connectivity index (χ1) is 10.8. The Morgan fingerprint density at radius 2 is 1.73 bits per heavy atom. The predicted molar refractivity (Wildman–Crippen MR) is 91.3 cm³/mol. The Bertz CT molecular complexity index is 1180. The molecule has 5 aromatic rings. The molecule has 2 nitrogen and oxygen atoms in total. The number of hydrogen-bond acceptors (Lipinski definition) is 2. The molecule has 5 rings (SSSR count). The second-order valence-electron chi connectivity index (χ2n) is 5.79. The van der Waals surface area contributed by atoms with Crippen LogP contribution < -0.4 is 0 Å². The summed E-state index contributed by atoms with van der Waals surface area (Å²) >= 11 is 0. The van der Waals surface area contributed by atoms with Gasteiger partial charge in [-0.05, 0) is 35.9 Å². The van der Waals surface area contributed by atoms with Gasteiger partial charge in [-0.3, -0.25) is 0 Å². The van der Waals surface area contributed by atoms with Gasteiger partial charge in [0.15, 0.2) is 5.58 Å². The van der Waals surface area contributed by atoms with Crippen LogP contribution in [-0.2, 0) is 0 Å². The van der Waals surface area contributed by atoms with Crippen LogP contribution in [0.5, 0.6) is 0 Å². The molecule has 0 spiro atoms. The lowest BCUT2D eigenvalue weighted by Gasteiger charge is -2.01. The monoisotopic (exact) mass is 283 g/mol. The van der Waals surface area contributed by atoms with Gasteiger partial charge in [0.05, 0.1) is 10.9 Å². The van der Waals surface area contributed by atoms with Crippen LogP contribution in [0, 0.1) is 6.92 Å². The molecular formula is C20H13NO. The van der Waals surface area contributed by atoms with Crippen LogP contribution >= 0.6 is 0 Å². The fourth-order valence-electron chi connectivity index (χ4n) is 3.23. The van der Waals surface area contributed by atoms with Crippen molar-refractivity contribution >= 4 is 43.7 Å². The van der Waals surface area contributed by atoms with Crippen molar-refractivity contribution in [2.45, 2.75) is 6.92 Å². The van der Waals surface area contributed by atoms with E-state index in [0.717, 1.165) is 33.0 Å². The Labute approximate surface area is 127 Å². The minimum atomic E-state index is 0.849. The summed E-state index contributed by atoms with van der Waals surface area (Å²) in [6, 6.07) is 20.9. The number of para-hydroxylation sites is 1. The minimum Gasteiger partial charge on any atom is -0.454 e. The molecule has 0 aliphatic carbocycles. The molecule has 0 atom stereocenters. The molecule has 0 radical (unpaired) electrons. The average molecular weight is 283 g/mol. The molecule has 0 N–H and O–H groups in total. The van der Waals surface area contributed by atoms with Gasteiger partial charge in [0.1, 0.15) is 11.1 Å². The second-order valence-corrected chi connectivity index (χ2v) is 5.79. The van der Waals surface area contributed by atoms with E-state index in [2.05, 4.69) is 43.3 Å². The van der Waals surface area contributed by atoms with Crippen molar-refractivity contribution in [1.29, 1.82) is 0 Å². The first-order valence-corrected chi connectivity index (χ1v) is 7.41. The number of rotatable bonds is 0. The molecule has 22 heavy (non-hydrogen) atoms. The van der Waals surface area contributed by atoms with Crippen molar-refractivity contribution < 1.29 is 4.42 Å². The van der Waals surface area contributed by atoms with E-state index >= 15 is 0 Å². The zero-order valence-electron chi connectivity index (χ0n) is 12.1. The van der Waals surface area contributed by atoms with Gasteiger partial charge in [-0.25, -0.2) is 4.98 Å². The van der Waals surface area contributed by atoms with Crippen LogP contribution in [0.2, 0.25) is 0 Å². The highest BCUT2D eigenvalue weighted by atomic mass is 16.3. The molecule has 0 bridgehead atoms. The van der Waals surface area contributed by atoms with E-state index in [1.165, 1.54) is 16.3 Å². The number of nitrogens with zero attached hydrogens (tertiary/aromatic N) is 1. The highest BCUT2D eigenvalue weighted by Gasteiger charge is 2.12. The second kappa shape index (κ2) is 4.08. The summed E-state index contributed by atoms with van der Waals surface area (Å²) < 4.78 is 6.04. The molecule has 0 aliphatic rings. The Hall–Kier alpha value is -2.87. The molecule has 0 amide bonds. The fourth-order valence-corrected chi connectivity index (χ4v) is 3.23. The van der Waals surface area contributed by atoms with Gasteiger partial charge in [-0.2, -0.15) is 0 Å². The zero-order valence-corrected chi connectivity index (χ0v) is 12.1. The maximum Gasteiger partial charge on any atom is 0.154 e. The maximum absolute atomic E-state index is 6.04. The van der Waals surface area contributed by atoms with E-state index < -0.39 is 0 Å². The molecule has 2 heterocycles. The standard InChI is InChI=1S/C20H13NO/c1-12-6-8-15-13(10-12)7-9-17-19(15)20-18(22-17)11-14-4-2-3-5-16(14)21-20/h2-11H,1H3. The van der Waals surface area contributed by atoms with Gasteiger partial charge in [-0.15, -0.1) is 0 Å². The summed E-state index contributed by atoms with van der Waals surface area (Å²) in [5.41, 5.74) is 4.96. The molecule has 2 heteroatoms. The van der Waals surface area contributed by atoms with Crippen LogP contribution in [0.1, 0.15) is 5.56 Å². The van der Waals surface area contributed by atoms with Crippen molar-refractivity contribution in [3.8, 4) is 0 Å². The fraction of sp³-hybridized carbons (Fsp3) is 0.0500. The number of aryl methyl sites for hydroxylation is 1. The first-order valence-electron chi connectivity index (χ1n) is 7.41. The number of aromatic nitrogens is 1. The third-order valence-corrected chi connectivity index (χ3v) is 4.28. The van der Waals surface area contributed by atoms with Crippen LogP contribution in [-0.4, -0.2) is 4.98 Å². The van der Waals surface area contributed by atoms with E-state index in [9.17, 15) is 0 Å². The summed E-state index contributed by atoms with van der Waals surface area (Å²) in [6.07, 6.45) is 0. The Morgan fingerprint density at radius 1 is 0.818 bits per heavy atom. The number of benzene rings is 3. The predicted octanol–water partition coefficient (Wildman–Crippen LogP) is 5.60. The van der Waals surface area contributed by atoms with E-state index in [4.69, 9.17) is 9.40 Å². The van der Waals surface area contributed by atoms with Crippen LogP contribution in [0.4, 0.5) is 0 Å². The smallest absolute Gasteiger partial charge is 0.154 e. The van der Waals surface area contributed by atoms with E-state index in [1.54, 1.807) is 0 Å². The first kappa shape index (κ1) is 11.8. The molecule has 0 aliphatic heterocycles. The molecule has 0 saturated heterocycles. The molecule has 104 valence electrons. The lowest BCUT2D eigenvalue weighted by Crippen LogP contribution is -1.81. The van der Waals surface area contributed by atoms with Crippen LogP contribution in [0.15, 0.2) is 65.1 Å². The third kappa shape index (κ3) is 1.52. The van der Waals surface area contributed by atoms with Gasteiger partial charge >= 0.3 is 0 Å². The Kier molecular flexibility index (Phi) is 2.18. The molecular weight excluding hydrogens is 270 g/mol. The third-order valence-electron chi connectivity index (χ3n) is 4.28. The zero-order chi connectivity index (χ0) is 14.7. The van der Waals surface area contributed by atoms with Gasteiger partial charge in [0.2, 0.25) is 0 Å². The highest BCUT2D eigenvalue weighted by molar-refractivity contribution is 6.18. The lowest BCUT2D eigenvalue weighted by atomic mass is 10.0. The number of fused-ring (bicyclic) bond motifs is 6. The number of hydrogen-bond donors (Lipinski definition) is 0. The van der Waals surface area contributed by atoms with Gasteiger partial charge in [0, 0.05) is 5.39 Å². The summed E-state index contributed by atoms with van der Waals surface area (Å²) in [4.78, 5) is 4.84. The summed E-state index contributed by atoms with van der Waals surface area (Å²) in [6.45, 7) is 2.11. The quantitative estimate of drug-likeness (QED) is 0.370. The van der Waals surface area contributed by atoms with Gasteiger partial charge in [0.25, 0.3) is 0 Å².